The fourth-order valence-corrected chi connectivity index (χ4v) is 3.68. The van der Waals surface area contributed by atoms with E-state index in [9.17, 15) is 9.59 Å². The number of rotatable bonds is 5. The van der Waals surface area contributed by atoms with E-state index in [1.807, 2.05) is 18.2 Å². The predicted octanol–water partition coefficient (Wildman–Crippen LogP) is 5.44. The highest BCUT2D eigenvalue weighted by molar-refractivity contribution is 5.95. The first-order valence-corrected chi connectivity index (χ1v) is 10.1. The van der Waals surface area contributed by atoms with Gasteiger partial charge < -0.3 is 23.0 Å². The van der Waals surface area contributed by atoms with Crippen LogP contribution in [-0.4, -0.2) is 20.2 Å². The topological polar surface area (TPSA) is 88.1 Å². The maximum atomic E-state index is 13.1. The Hall–Kier alpha value is -4.52. The third kappa shape index (κ3) is 3.59. The molecular formula is C26H18O7. The van der Waals surface area contributed by atoms with Gasteiger partial charge in [-0.25, -0.2) is 4.79 Å². The maximum absolute atomic E-state index is 13.1. The molecule has 7 nitrogen and oxygen atoms in total. The van der Waals surface area contributed by atoms with E-state index in [1.54, 1.807) is 43.5 Å². The average molecular weight is 442 g/mol. The lowest BCUT2D eigenvalue weighted by atomic mass is 10.0. The first-order valence-electron chi connectivity index (χ1n) is 10.1. The second-order valence-corrected chi connectivity index (χ2v) is 7.22. The van der Waals surface area contributed by atoms with Crippen molar-refractivity contribution in [1.29, 1.82) is 0 Å². The van der Waals surface area contributed by atoms with Gasteiger partial charge in [-0.15, -0.1) is 0 Å². The molecule has 0 atom stereocenters. The number of hydrogen-bond acceptors (Lipinski definition) is 7. The Kier molecular flexibility index (Phi) is 5.06. The Morgan fingerprint density at radius 3 is 2.45 bits per heavy atom. The standard InChI is InChI=1S/C26H18O7/c1-29-20-8-4-3-7-17(20)19-14-31-22-13-16(10-11-18(22)24(19)27)32-26(28)23-12-15-6-5-9-21(30-2)25(15)33-23/h3-14H,1-2H3. The van der Waals surface area contributed by atoms with Crippen LogP contribution in [0.4, 0.5) is 0 Å². The number of fused-ring (bicyclic) bond motifs is 2. The molecule has 0 aliphatic carbocycles. The molecule has 3 aromatic carbocycles. The number of methoxy groups -OCH3 is 2. The van der Waals surface area contributed by atoms with Crippen molar-refractivity contribution in [3.63, 3.8) is 0 Å². The van der Waals surface area contributed by atoms with Crippen LogP contribution in [0.3, 0.4) is 0 Å². The monoisotopic (exact) mass is 442 g/mol. The van der Waals surface area contributed by atoms with E-state index in [1.165, 1.54) is 25.5 Å². The normalized spacial score (nSPS) is 11.0. The van der Waals surface area contributed by atoms with Gasteiger partial charge in [-0.05, 0) is 30.3 Å². The number of para-hydroxylation sites is 2. The molecule has 0 unspecified atom stereocenters. The highest BCUT2D eigenvalue weighted by Crippen LogP contribution is 2.31. The summed E-state index contributed by atoms with van der Waals surface area (Å²) in [5.74, 6) is 0.651. The van der Waals surface area contributed by atoms with Crippen molar-refractivity contribution < 1.29 is 27.8 Å². The summed E-state index contributed by atoms with van der Waals surface area (Å²) in [6, 6.07) is 18.7. The lowest BCUT2D eigenvalue weighted by Crippen LogP contribution is -2.08. The number of benzene rings is 3. The molecule has 7 heteroatoms. The van der Waals surface area contributed by atoms with Gasteiger partial charge >= 0.3 is 5.97 Å². The summed E-state index contributed by atoms with van der Waals surface area (Å²) in [4.78, 5) is 25.7. The molecule has 0 aliphatic rings. The zero-order valence-corrected chi connectivity index (χ0v) is 17.8. The molecule has 0 bridgehead atoms. The van der Waals surface area contributed by atoms with Gasteiger partial charge in [-0.2, -0.15) is 0 Å². The zero-order valence-electron chi connectivity index (χ0n) is 17.8. The summed E-state index contributed by atoms with van der Waals surface area (Å²) in [5, 5.41) is 1.07. The fourth-order valence-electron chi connectivity index (χ4n) is 3.68. The predicted molar refractivity (Wildman–Crippen MR) is 122 cm³/mol. The minimum Gasteiger partial charge on any atom is -0.496 e. The molecule has 0 saturated carbocycles. The van der Waals surface area contributed by atoms with Crippen molar-refractivity contribution in [3.05, 3.63) is 89.0 Å². The van der Waals surface area contributed by atoms with E-state index in [-0.39, 0.29) is 22.5 Å². The number of ether oxygens (including phenoxy) is 3. The SMILES string of the molecule is COc1ccccc1-c1coc2cc(OC(=O)c3cc4cccc(OC)c4o3)ccc2c1=O. The van der Waals surface area contributed by atoms with Gasteiger partial charge in [0.05, 0.1) is 25.2 Å². The van der Waals surface area contributed by atoms with Gasteiger partial charge in [0.15, 0.2) is 11.3 Å². The van der Waals surface area contributed by atoms with Crippen molar-refractivity contribution in [2.24, 2.45) is 0 Å². The summed E-state index contributed by atoms with van der Waals surface area (Å²) >= 11 is 0. The Balaban J connectivity index is 1.47. The first kappa shape index (κ1) is 20.4. The summed E-state index contributed by atoms with van der Waals surface area (Å²) in [7, 11) is 3.07. The summed E-state index contributed by atoms with van der Waals surface area (Å²) < 4.78 is 27.4. The van der Waals surface area contributed by atoms with Crippen molar-refractivity contribution in [2.75, 3.05) is 14.2 Å². The molecule has 2 aromatic heterocycles. The zero-order chi connectivity index (χ0) is 22.9. The fraction of sp³-hybridized carbons (Fsp3) is 0.0769. The molecule has 5 aromatic rings. The number of furan rings is 1. The Morgan fingerprint density at radius 2 is 1.64 bits per heavy atom. The third-order valence-corrected chi connectivity index (χ3v) is 5.28. The minimum atomic E-state index is -0.680. The van der Waals surface area contributed by atoms with Crippen LogP contribution in [0.25, 0.3) is 33.1 Å². The Labute approximate surface area is 187 Å². The van der Waals surface area contributed by atoms with E-state index >= 15 is 0 Å². The maximum Gasteiger partial charge on any atom is 0.379 e. The van der Waals surface area contributed by atoms with E-state index in [4.69, 9.17) is 23.0 Å². The molecule has 0 saturated heterocycles. The summed E-state index contributed by atoms with van der Waals surface area (Å²) in [6.07, 6.45) is 1.37. The Morgan fingerprint density at radius 1 is 0.848 bits per heavy atom. The van der Waals surface area contributed by atoms with E-state index in [0.29, 0.717) is 33.6 Å². The van der Waals surface area contributed by atoms with Crippen LogP contribution in [0, 0.1) is 0 Å². The molecule has 0 fully saturated rings. The highest BCUT2D eigenvalue weighted by atomic mass is 16.5. The lowest BCUT2D eigenvalue weighted by Gasteiger charge is -2.08. The number of carbonyl (C=O) groups is 1. The van der Waals surface area contributed by atoms with Crippen LogP contribution in [0.15, 0.2) is 86.6 Å². The minimum absolute atomic E-state index is 0.0302. The molecular weight excluding hydrogens is 424 g/mol. The molecule has 0 N–H and O–H groups in total. The number of carbonyl (C=O) groups excluding carboxylic acids is 1. The largest absolute Gasteiger partial charge is 0.496 e. The summed E-state index contributed by atoms with van der Waals surface area (Å²) in [6.45, 7) is 0. The quantitative estimate of drug-likeness (QED) is 0.264. The van der Waals surface area contributed by atoms with Crippen LogP contribution in [0.5, 0.6) is 17.2 Å². The van der Waals surface area contributed by atoms with E-state index in [0.717, 1.165) is 5.39 Å². The van der Waals surface area contributed by atoms with Gasteiger partial charge in [0.2, 0.25) is 11.2 Å². The second kappa shape index (κ2) is 8.20. The molecule has 5 rings (SSSR count). The molecule has 0 aliphatic heterocycles. The molecule has 0 spiro atoms. The van der Waals surface area contributed by atoms with E-state index in [2.05, 4.69) is 0 Å². The highest BCUT2D eigenvalue weighted by Gasteiger charge is 2.18. The average Bonchev–Trinajstić information content (AvgIpc) is 3.29. The van der Waals surface area contributed by atoms with E-state index < -0.39 is 5.97 Å². The summed E-state index contributed by atoms with van der Waals surface area (Å²) in [5.41, 5.74) is 1.53. The van der Waals surface area contributed by atoms with Crippen molar-refractivity contribution in [3.8, 4) is 28.4 Å². The van der Waals surface area contributed by atoms with Gasteiger partial charge in [0, 0.05) is 17.0 Å². The van der Waals surface area contributed by atoms with Gasteiger partial charge in [0.1, 0.15) is 23.3 Å². The van der Waals surface area contributed by atoms with Crippen LogP contribution in [-0.2, 0) is 0 Å². The van der Waals surface area contributed by atoms with Gasteiger partial charge in [-0.1, -0.05) is 30.3 Å². The van der Waals surface area contributed by atoms with Gasteiger partial charge in [-0.3, -0.25) is 4.79 Å². The lowest BCUT2D eigenvalue weighted by molar-refractivity contribution is 0.0704. The number of hydrogen-bond donors (Lipinski definition) is 0. The molecule has 33 heavy (non-hydrogen) atoms. The van der Waals surface area contributed by atoms with Crippen LogP contribution in [0.2, 0.25) is 0 Å². The molecule has 164 valence electrons. The molecule has 2 heterocycles. The smallest absolute Gasteiger partial charge is 0.379 e. The molecule has 0 amide bonds. The second-order valence-electron chi connectivity index (χ2n) is 7.22. The van der Waals surface area contributed by atoms with Gasteiger partial charge in [0.25, 0.3) is 0 Å². The van der Waals surface area contributed by atoms with Crippen LogP contribution in [0.1, 0.15) is 10.6 Å². The van der Waals surface area contributed by atoms with Crippen molar-refractivity contribution in [1.82, 2.24) is 0 Å². The Bertz CT molecular complexity index is 1560. The third-order valence-electron chi connectivity index (χ3n) is 5.28. The van der Waals surface area contributed by atoms with Crippen LogP contribution >= 0.6 is 0 Å². The first-order chi connectivity index (χ1) is 16.1. The molecule has 0 radical (unpaired) electrons. The van der Waals surface area contributed by atoms with Crippen LogP contribution < -0.4 is 19.6 Å². The number of esters is 1. The van der Waals surface area contributed by atoms with Crippen molar-refractivity contribution >= 4 is 27.9 Å². The van der Waals surface area contributed by atoms with Crippen molar-refractivity contribution in [2.45, 2.75) is 0 Å².